The van der Waals surface area contributed by atoms with E-state index in [0.717, 1.165) is 53.9 Å². The minimum absolute atomic E-state index is 0.170. The van der Waals surface area contributed by atoms with Crippen molar-refractivity contribution in [3.63, 3.8) is 0 Å². The van der Waals surface area contributed by atoms with Crippen molar-refractivity contribution in [3.05, 3.63) is 76.1 Å². The highest BCUT2D eigenvalue weighted by atomic mass is 16.2. The van der Waals surface area contributed by atoms with Gasteiger partial charge in [-0.15, -0.1) is 0 Å². The molecule has 31 heavy (non-hydrogen) atoms. The van der Waals surface area contributed by atoms with E-state index in [4.69, 9.17) is 0 Å². The molecule has 5 rings (SSSR count). The van der Waals surface area contributed by atoms with E-state index < -0.39 is 5.41 Å². The zero-order chi connectivity index (χ0) is 21.6. The summed E-state index contributed by atoms with van der Waals surface area (Å²) in [4.78, 5) is 15.4. The van der Waals surface area contributed by atoms with Gasteiger partial charge in [0.1, 0.15) is 0 Å². The SMILES string of the molecule is Cc1[nH]nc2c1CCCCc1cc3c(cc1NC2)C(C)(C)C(=O)N3Cc1ccccc1. The first-order valence-corrected chi connectivity index (χ1v) is 11.2. The van der Waals surface area contributed by atoms with Crippen LogP contribution in [0, 0.1) is 6.92 Å². The normalized spacial score (nSPS) is 17.5. The molecule has 2 N–H and O–H groups in total. The molecule has 2 aliphatic rings. The zero-order valence-corrected chi connectivity index (χ0v) is 18.6. The standard InChI is InChI=1S/C26H30N4O/c1-17-20-12-8-7-11-19-13-24-21(14-22(19)27-15-23(20)29-28-17)26(2,3)25(31)30(24)16-18-9-5-4-6-10-18/h4-6,9-10,13-14,27H,7-8,11-12,15-16H2,1-3H3,(H,28,29). The maximum atomic E-state index is 13.4. The molecule has 0 bridgehead atoms. The number of benzene rings is 2. The van der Waals surface area contributed by atoms with Crippen LogP contribution in [0.3, 0.4) is 0 Å². The third kappa shape index (κ3) is 3.42. The second-order valence-corrected chi connectivity index (χ2v) is 9.36. The van der Waals surface area contributed by atoms with Crippen LogP contribution in [0.25, 0.3) is 0 Å². The first-order chi connectivity index (χ1) is 14.9. The van der Waals surface area contributed by atoms with Gasteiger partial charge in [0.05, 0.1) is 24.2 Å². The minimum atomic E-state index is -0.537. The average Bonchev–Trinajstić information content (AvgIpc) is 3.21. The highest BCUT2D eigenvalue weighted by molar-refractivity contribution is 6.08. The number of aromatic amines is 1. The van der Waals surface area contributed by atoms with Gasteiger partial charge in [-0.2, -0.15) is 5.10 Å². The number of hydrogen-bond donors (Lipinski definition) is 2. The Hall–Kier alpha value is -3.08. The molecular formula is C26H30N4O. The number of nitrogens with one attached hydrogen (secondary N) is 2. The quantitative estimate of drug-likeness (QED) is 0.618. The number of carbonyl (C=O) groups excluding carboxylic acids is 1. The second-order valence-electron chi connectivity index (χ2n) is 9.36. The van der Waals surface area contributed by atoms with Crippen LogP contribution in [0.2, 0.25) is 0 Å². The number of hydrogen-bond acceptors (Lipinski definition) is 3. The second kappa shape index (κ2) is 7.56. The minimum Gasteiger partial charge on any atom is -0.379 e. The highest BCUT2D eigenvalue weighted by Gasteiger charge is 2.44. The van der Waals surface area contributed by atoms with Crippen molar-refractivity contribution < 1.29 is 4.79 Å². The Morgan fingerprint density at radius 2 is 1.87 bits per heavy atom. The molecule has 1 amide bonds. The van der Waals surface area contributed by atoms with Crippen LogP contribution >= 0.6 is 0 Å². The summed E-state index contributed by atoms with van der Waals surface area (Å²) in [5, 5.41) is 11.3. The molecular weight excluding hydrogens is 384 g/mol. The average molecular weight is 415 g/mol. The number of nitrogens with zero attached hydrogens (tertiary/aromatic N) is 2. The zero-order valence-electron chi connectivity index (χ0n) is 18.6. The summed E-state index contributed by atoms with van der Waals surface area (Å²) in [6, 6.07) is 14.7. The van der Waals surface area contributed by atoms with E-state index in [1.54, 1.807) is 0 Å². The fourth-order valence-electron chi connectivity index (χ4n) is 4.99. The number of aromatic nitrogens is 2. The highest BCUT2D eigenvalue weighted by Crippen LogP contribution is 2.45. The number of anilines is 2. The molecule has 0 saturated heterocycles. The fraction of sp³-hybridized carbons (Fsp3) is 0.385. The van der Waals surface area contributed by atoms with Gasteiger partial charge in [-0.1, -0.05) is 30.3 Å². The van der Waals surface area contributed by atoms with Crippen molar-refractivity contribution in [1.29, 1.82) is 0 Å². The summed E-state index contributed by atoms with van der Waals surface area (Å²) in [7, 11) is 0. The summed E-state index contributed by atoms with van der Waals surface area (Å²) in [6.07, 6.45) is 4.33. The van der Waals surface area contributed by atoms with E-state index in [1.807, 2.05) is 36.9 Å². The molecule has 0 radical (unpaired) electrons. The van der Waals surface area contributed by atoms with E-state index in [9.17, 15) is 4.79 Å². The van der Waals surface area contributed by atoms with Crippen LogP contribution in [-0.4, -0.2) is 16.1 Å². The van der Waals surface area contributed by atoms with Gasteiger partial charge in [0.2, 0.25) is 5.91 Å². The van der Waals surface area contributed by atoms with Gasteiger partial charge in [0.15, 0.2) is 0 Å². The molecule has 0 fully saturated rings. The van der Waals surface area contributed by atoms with Crippen LogP contribution in [-0.2, 0) is 36.1 Å². The van der Waals surface area contributed by atoms with Crippen LogP contribution in [0.5, 0.6) is 0 Å². The van der Waals surface area contributed by atoms with Crippen molar-refractivity contribution in [3.8, 4) is 0 Å². The van der Waals surface area contributed by atoms with E-state index in [-0.39, 0.29) is 5.91 Å². The Morgan fingerprint density at radius 1 is 1.10 bits per heavy atom. The van der Waals surface area contributed by atoms with Crippen LogP contribution in [0.15, 0.2) is 42.5 Å². The lowest BCUT2D eigenvalue weighted by Crippen LogP contribution is -2.35. The Balaban J connectivity index is 1.53. The summed E-state index contributed by atoms with van der Waals surface area (Å²) in [5.41, 5.74) is 8.84. The van der Waals surface area contributed by atoms with Crippen molar-refractivity contribution in [2.24, 2.45) is 0 Å². The van der Waals surface area contributed by atoms with Gasteiger partial charge in [-0.25, -0.2) is 0 Å². The van der Waals surface area contributed by atoms with Gasteiger partial charge < -0.3 is 10.2 Å². The summed E-state index contributed by atoms with van der Waals surface area (Å²) in [6.45, 7) is 7.50. The Bertz CT molecular complexity index is 1130. The maximum Gasteiger partial charge on any atom is 0.237 e. The van der Waals surface area contributed by atoms with Crippen molar-refractivity contribution in [1.82, 2.24) is 10.2 Å². The molecule has 160 valence electrons. The number of aryl methyl sites for hydroxylation is 2. The summed E-state index contributed by atoms with van der Waals surface area (Å²) < 4.78 is 0. The predicted molar refractivity (Wildman–Crippen MR) is 124 cm³/mol. The molecule has 0 atom stereocenters. The monoisotopic (exact) mass is 414 g/mol. The van der Waals surface area contributed by atoms with E-state index in [0.29, 0.717) is 13.1 Å². The Morgan fingerprint density at radius 3 is 2.68 bits per heavy atom. The van der Waals surface area contributed by atoms with Gasteiger partial charge >= 0.3 is 0 Å². The molecule has 0 saturated carbocycles. The number of amides is 1. The number of carbonyl (C=O) groups is 1. The van der Waals surface area contributed by atoms with Crippen LogP contribution in [0.4, 0.5) is 11.4 Å². The van der Waals surface area contributed by atoms with Crippen molar-refractivity contribution in [2.45, 2.75) is 65.0 Å². The van der Waals surface area contributed by atoms with E-state index >= 15 is 0 Å². The maximum absolute atomic E-state index is 13.4. The smallest absolute Gasteiger partial charge is 0.237 e. The lowest BCUT2D eigenvalue weighted by molar-refractivity contribution is -0.122. The van der Waals surface area contributed by atoms with Crippen molar-refractivity contribution in [2.75, 3.05) is 10.2 Å². The van der Waals surface area contributed by atoms with Crippen molar-refractivity contribution >= 4 is 17.3 Å². The largest absolute Gasteiger partial charge is 0.379 e. The Kier molecular flexibility index (Phi) is 4.84. The topological polar surface area (TPSA) is 61.0 Å². The van der Waals surface area contributed by atoms with Gasteiger partial charge in [0, 0.05) is 17.1 Å². The first-order valence-electron chi connectivity index (χ1n) is 11.2. The molecule has 1 aromatic heterocycles. The molecule has 3 aromatic rings. The number of H-pyrrole nitrogens is 1. The third-order valence-corrected chi connectivity index (χ3v) is 6.88. The van der Waals surface area contributed by atoms with E-state index in [2.05, 4.69) is 46.7 Å². The fourth-order valence-corrected chi connectivity index (χ4v) is 4.99. The van der Waals surface area contributed by atoms with Gasteiger partial charge in [-0.05, 0) is 80.8 Å². The number of fused-ring (bicyclic) bond motifs is 3. The molecule has 0 unspecified atom stereocenters. The first kappa shape index (κ1) is 19.9. The molecule has 3 heterocycles. The summed E-state index contributed by atoms with van der Waals surface area (Å²) in [5.74, 6) is 0.170. The summed E-state index contributed by atoms with van der Waals surface area (Å²) >= 11 is 0. The van der Waals surface area contributed by atoms with E-state index in [1.165, 1.54) is 16.8 Å². The van der Waals surface area contributed by atoms with Gasteiger partial charge in [0.25, 0.3) is 0 Å². The predicted octanol–water partition coefficient (Wildman–Crippen LogP) is 5.03. The molecule has 0 aliphatic carbocycles. The Labute approximate surface area is 183 Å². The lowest BCUT2D eigenvalue weighted by Gasteiger charge is -2.21. The molecule has 0 spiro atoms. The van der Waals surface area contributed by atoms with Gasteiger partial charge in [-0.3, -0.25) is 9.89 Å². The third-order valence-electron chi connectivity index (χ3n) is 6.88. The number of rotatable bonds is 2. The molecule has 5 nitrogen and oxygen atoms in total. The van der Waals surface area contributed by atoms with Crippen LogP contribution in [0.1, 0.15) is 60.3 Å². The molecule has 2 aromatic carbocycles. The van der Waals surface area contributed by atoms with Crippen LogP contribution < -0.4 is 10.2 Å². The molecule has 2 aliphatic heterocycles. The lowest BCUT2D eigenvalue weighted by atomic mass is 9.85. The molecule has 5 heteroatoms.